The summed E-state index contributed by atoms with van der Waals surface area (Å²) in [4.78, 5) is 17.1. The number of aryl methyl sites for hydroxylation is 1. The number of thiophene rings is 1. The lowest BCUT2D eigenvalue weighted by Gasteiger charge is -2.08. The van der Waals surface area contributed by atoms with Gasteiger partial charge in [-0.15, -0.1) is 0 Å². The van der Waals surface area contributed by atoms with Crippen molar-refractivity contribution in [1.29, 1.82) is 0 Å². The number of rotatable bonds is 4. The first-order chi connectivity index (χ1) is 13.0. The smallest absolute Gasteiger partial charge is 0.258 e. The molecule has 0 atom stereocenters. The number of nitrogens with one attached hydrogen (secondary N) is 1. The number of amides is 1. The van der Waals surface area contributed by atoms with E-state index in [9.17, 15) is 4.79 Å². The van der Waals surface area contributed by atoms with Gasteiger partial charge in [-0.3, -0.25) is 4.79 Å². The Morgan fingerprint density at radius 2 is 2.00 bits per heavy atom. The highest BCUT2D eigenvalue weighted by atomic mass is 35.5. The van der Waals surface area contributed by atoms with Crippen molar-refractivity contribution in [1.82, 2.24) is 14.8 Å². The second-order valence-electron chi connectivity index (χ2n) is 6.02. The SMILES string of the molecule is Cc1nn(Cc2ccsc2)c2ncc(C(=O)Nc3ccc(Cl)cc3)c(Cl)c12. The predicted molar refractivity (Wildman–Crippen MR) is 110 cm³/mol. The number of anilines is 1. The predicted octanol–water partition coefficient (Wildman–Crippen LogP) is 5.41. The molecule has 1 amide bonds. The van der Waals surface area contributed by atoms with Crippen LogP contribution in [0.1, 0.15) is 21.6 Å². The minimum Gasteiger partial charge on any atom is -0.322 e. The number of benzene rings is 1. The number of carbonyl (C=O) groups is 1. The fourth-order valence-electron chi connectivity index (χ4n) is 2.83. The topological polar surface area (TPSA) is 59.8 Å². The van der Waals surface area contributed by atoms with E-state index >= 15 is 0 Å². The first kappa shape index (κ1) is 18.0. The van der Waals surface area contributed by atoms with E-state index in [4.69, 9.17) is 23.2 Å². The van der Waals surface area contributed by atoms with Crippen LogP contribution in [0.15, 0.2) is 47.3 Å². The normalized spacial score (nSPS) is 11.1. The van der Waals surface area contributed by atoms with Crippen molar-refractivity contribution in [2.24, 2.45) is 0 Å². The molecule has 0 saturated carbocycles. The van der Waals surface area contributed by atoms with Crippen molar-refractivity contribution in [2.45, 2.75) is 13.5 Å². The van der Waals surface area contributed by atoms with Gasteiger partial charge in [-0.25, -0.2) is 9.67 Å². The zero-order chi connectivity index (χ0) is 19.0. The maximum atomic E-state index is 12.6. The van der Waals surface area contributed by atoms with Crippen molar-refractivity contribution in [3.05, 3.63) is 74.2 Å². The van der Waals surface area contributed by atoms with Gasteiger partial charge in [0.1, 0.15) is 0 Å². The van der Waals surface area contributed by atoms with Crippen molar-refractivity contribution >= 4 is 57.2 Å². The molecule has 0 aliphatic rings. The minimum atomic E-state index is -0.332. The van der Waals surface area contributed by atoms with Gasteiger partial charge in [0, 0.05) is 16.9 Å². The van der Waals surface area contributed by atoms with Crippen LogP contribution in [0.3, 0.4) is 0 Å². The molecule has 0 bridgehead atoms. The molecule has 1 N–H and O–H groups in total. The van der Waals surface area contributed by atoms with Gasteiger partial charge >= 0.3 is 0 Å². The minimum absolute atomic E-state index is 0.303. The van der Waals surface area contributed by atoms with E-state index in [0.717, 1.165) is 11.3 Å². The van der Waals surface area contributed by atoms with E-state index in [1.807, 2.05) is 18.4 Å². The molecule has 0 radical (unpaired) electrons. The molecule has 3 heterocycles. The first-order valence-electron chi connectivity index (χ1n) is 8.12. The maximum Gasteiger partial charge on any atom is 0.258 e. The molecule has 0 aliphatic carbocycles. The van der Waals surface area contributed by atoms with Crippen molar-refractivity contribution in [3.8, 4) is 0 Å². The lowest BCUT2D eigenvalue weighted by molar-refractivity contribution is 0.102. The van der Waals surface area contributed by atoms with Crippen molar-refractivity contribution in [3.63, 3.8) is 0 Å². The lowest BCUT2D eigenvalue weighted by Crippen LogP contribution is -2.13. The Kier molecular flexibility index (Phi) is 4.86. The Hall–Kier alpha value is -2.41. The number of pyridine rings is 1. The fraction of sp³-hybridized carbons (Fsp3) is 0.105. The summed E-state index contributed by atoms with van der Waals surface area (Å²) in [7, 11) is 0. The molecule has 5 nitrogen and oxygen atoms in total. The summed E-state index contributed by atoms with van der Waals surface area (Å²) >= 11 is 14.1. The van der Waals surface area contributed by atoms with Gasteiger partial charge < -0.3 is 5.32 Å². The van der Waals surface area contributed by atoms with Gasteiger partial charge in [-0.05, 0) is 53.6 Å². The number of nitrogens with zero attached hydrogens (tertiary/aromatic N) is 3. The monoisotopic (exact) mass is 416 g/mol. The molecule has 27 heavy (non-hydrogen) atoms. The average molecular weight is 417 g/mol. The van der Waals surface area contributed by atoms with E-state index in [1.165, 1.54) is 6.20 Å². The molecule has 3 aromatic heterocycles. The summed E-state index contributed by atoms with van der Waals surface area (Å²) in [5, 5.41) is 13.1. The summed E-state index contributed by atoms with van der Waals surface area (Å²) in [5.74, 6) is -0.332. The van der Waals surface area contributed by atoms with Crippen LogP contribution in [-0.4, -0.2) is 20.7 Å². The lowest BCUT2D eigenvalue weighted by atomic mass is 10.2. The number of halogens is 2. The van der Waals surface area contributed by atoms with Gasteiger partial charge in [-0.2, -0.15) is 16.4 Å². The molecule has 1 aromatic carbocycles. The highest BCUT2D eigenvalue weighted by molar-refractivity contribution is 7.07. The average Bonchev–Trinajstić information content (AvgIpc) is 3.26. The summed E-state index contributed by atoms with van der Waals surface area (Å²) in [6.45, 7) is 2.47. The Morgan fingerprint density at radius 1 is 1.22 bits per heavy atom. The van der Waals surface area contributed by atoms with Gasteiger partial charge in [0.05, 0.1) is 28.2 Å². The summed E-state index contributed by atoms with van der Waals surface area (Å²) in [5.41, 5.74) is 3.47. The second-order valence-corrected chi connectivity index (χ2v) is 7.61. The molecule has 0 spiro atoms. The molecular weight excluding hydrogens is 403 g/mol. The molecule has 0 unspecified atom stereocenters. The van der Waals surface area contributed by atoms with Crippen LogP contribution < -0.4 is 5.32 Å². The molecule has 0 aliphatic heterocycles. The molecule has 4 aromatic rings. The van der Waals surface area contributed by atoms with Crippen LogP contribution >= 0.6 is 34.5 Å². The van der Waals surface area contributed by atoms with Crippen molar-refractivity contribution in [2.75, 3.05) is 5.32 Å². The van der Waals surface area contributed by atoms with Gasteiger partial charge in [-0.1, -0.05) is 23.2 Å². The maximum absolute atomic E-state index is 12.6. The molecular formula is C19H14Cl2N4OS. The zero-order valence-corrected chi connectivity index (χ0v) is 16.6. The van der Waals surface area contributed by atoms with Crippen LogP contribution in [0.2, 0.25) is 10.0 Å². The van der Waals surface area contributed by atoms with E-state index in [-0.39, 0.29) is 5.91 Å². The zero-order valence-electron chi connectivity index (χ0n) is 14.2. The van der Waals surface area contributed by atoms with Gasteiger partial charge in [0.2, 0.25) is 0 Å². The molecule has 0 saturated heterocycles. The summed E-state index contributed by atoms with van der Waals surface area (Å²) in [6.07, 6.45) is 1.49. The number of aromatic nitrogens is 3. The van der Waals surface area contributed by atoms with E-state index in [1.54, 1.807) is 40.3 Å². The second kappa shape index (κ2) is 7.31. The highest BCUT2D eigenvalue weighted by Crippen LogP contribution is 2.29. The largest absolute Gasteiger partial charge is 0.322 e. The quantitative estimate of drug-likeness (QED) is 0.483. The number of carbonyl (C=O) groups excluding carboxylic acids is 1. The molecule has 0 fully saturated rings. The van der Waals surface area contributed by atoms with Gasteiger partial charge in [0.15, 0.2) is 5.65 Å². The standard InChI is InChI=1S/C19H14Cl2N4OS/c1-11-16-17(21)15(19(26)23-14-4-2-13(20)3-5-14)8-22-18(16)25(24-11)9-12-6-7-27-10-12/h2-8,10H,9H2,1H3,(H,23,26). The van der Waals surface area contributed by atoms with Crippen LogP contribution in [0, 0.1) is 6.92 Å². The van der Waals surface area contributed by atoms with Crippen molar-refractivity contribution < 1.29 is 4.79 Å². The van der Waals surface area contributed by atoms with Crippen LogP contribution in [0.25, 0.3) is 11.0 Å². The van der Waals surface area contributed by atoms with E-state index in [2.05, 4.69) is 20.8 Å². The molecule has 4 rings (SSSR count). The van der Waals surface area contributed by atoms with E-state index < -0.39 is 0 Å². The fourth-order valence-corrected chi connectivity index (χ4v) is 3.97. The number of hydrogen-bond acceptors (Lipinski definition) is 4. The third kappa shape index (κ3) is 3.56. The third-order valence-corrected chi connectivity index (χ3v) is 5.51. The molecule has 136 valence electrons. The number of fused-ring (bicyclic) bond motifs is 1. The van der Waals surface area contributed by atoms with Crippen LogP contribution in [-0.2, 0) is 6.54 Å². The summed E-state index contributed by atoms with van der Waals surface area (Å²) in [6, 6.07) is 8.91. The molecule has 8 heteroatoms. The number of hydrogen-bond donors (Lipinski definition) is 1. The Bertz CT molecular complexity index is 1120. The van der Waals surface area contributed by atoms with Crippen LogP contribution in [0.4, 0.5) is 5.69 Å². The third-order valence-electron chi connectivity index (χ3n) is 4.13. The van der Waals surface area contributed by atoms with Gasteiger partial charge in [0.25, 0.3) is 5.91 Å². The Balaban J connectivity index is 1.68. The summed E-state index contributed by atoms with van der Waals surface area (Å²) < 4.78 is 1.81. The van der Waals surface area contributed by atoms with Crippen LogP contribution in [0.5, 0.6) is 0 Å². The Labute approximate surface area is 169 Å². The Morgan fingerprint density at radius 3 is 2.70 bits per heavy atom. The highest BCUT2D eigenvalue weighted by Gasteiger charge is 2.19. The first-order valence-corrected chi connectivity index (χ1v) is 9.82. The van der Waals surface area contributed by atoms with E-state index in [0.29, 0.717) is 38.9 Å².